The minimum absolute atomic E-state index is 0.433. The zero-order valence-corrected chi connectivity index (χ0v) is 11.4. The number of amides is 1. The fourth-order valence-corrected chi connectivity index (χ4v) is 4.04. The standard InChI is InChI=1S/C15H26N2O/c18-14(11-13-3-1-2-4-13)17-9-6-15(7-10-17)5-8-16-12-15/h13,16H,1-12H2. The van der Waals surface area contributed by atoms with Crippen LogP contribution in [0, 0.1) is 11.3 Å². The summed E-state index contributed by atoms with van der Waals surface area (Å²) in [5, 5.41) is 3.48. The van der Waals surface area contributed by atoms with E-state index in [4.69, 9.17) is 0 Å². The molecule has 1 aliphatic carbocycles. The van der Waals surface area contributed by atoms with Gasteiger partial charge in [-0.2, -0.15) is 0 Å². The minimum Gasteiger partial charge on any atom is -0.343 e. The molecule has 1 N–H and O–H groups in total. The van der Waals surface area contributed by atoms with Gasteiger partial charge in [-0.25, -0.2) is 0 Å². The quantitative estimate of drug-likeness (QED) is 0.814. The van der Waals surface area contributed by atoms with Crippen molar-refractivity contribution in [2.24, 2.45) is 11.3 Å². The number of carbonyl (C=O) groups excluding carboxylic acids is 1. The topological polar surface area (TPSA) is 32.3 Å². The fourth-order valence-electron chi connectivity index (χ4n) is 4.04. The number of hydrogen-bond acceptors (Lipinski definition) is 2. The van der Waals surface area contributed by atoms with E-state index in [0.29, 0.717) is 17.2 Å². The van der Waals surface area contributed by atoms with E-state index in [1.165, 1.54) is 58.0 Å². The van der Waals surface area contributed by atoms with Crippen LogP contribution in [0.3, 0.4) is 0 Å². The number of hydrogen-bond donors (Lipinski definition) is 1. The van der Waals surface area contributed by atoms with Crippen LogP contribution in [0.2, 0.25) is 0 Å². The van der Waals surface area contributed by atoms with Crippen LogP contribution in [-0.2, 0) is 4.79 Å². The maximum Gasteiger partial charge on any atom is 0.222 e. The van der Waals surface area contributed by atoms with Crippen molar-refractivity contribution in [2.75, 3.05) is 26.2 Å². The maximum absolute atomic E-state index is 12.3. The Balaban J connectivity index is 1.48. The number of piperidine rings is 1. The van der Waals surface area contributed by atoms with E-state index in [1.807, 2.05) is 0 Å². The van der Waals surface area contributed by atoms with Gasteiger partial charge in [0.2, 0.25) is 5.91 Å². The molecule has 0 atom stereocenters. The first-order chi connectivity index (χ1) is 8.77. The average molecular weight is 250 g/mol. The largest absolute Gasteiger partial charge is 0.343 e. The molecule has 0 radical (unpaired) electrons. The Bertz CT molecular complexity index is 294. The second-order valence-corrected chi connectivity index (χ2v) is 6.66. The van der Waals surface area contributed by atoms with Crippen molar-refractivity contribution in [1.82, 2.24) is 10.2 Å². The molecule has 2 heterocycles. The van der Waals surface area contributed by atoms with Crippen molar-refractivity contribution in [3.05, 3.63) is 0 Å². The highest BCUT2D eigenvalue weighted by atomic mass is 16.2. The Kier molecular flexibility index (Phi) is 3.60. The van der Waals surface area contributed by atoms with E-state index >= 15 is 0 Å². The van der Waals surface area contributed by atoms with Gasteiger partial charge >= 0.3 is 0 Å². The first-order valence-corrected chi connectivity index (χ1v) is 7.76. The summed E-state index contributed by atoms with van der Waals surface area (Å²) in [6.45, 7) is 4.37. The molecule has 2 aliphatic heterocycles. The molecule has 18 heavy (non-hydrogen) atoms. The molecule has 1 spiro atoms. The van der Waals surface area contributed by atoms with Crippen molar-refractivity contribution >= 4 is 5.91 Å². The molecule has 0 unspecified atom stereocenters. The zero-order valence-electron chi connectivity index (χ0n) is 11.4. The summed E-state index contributed by atoms with van der Waals surface area (Å²) < 4.78 is 0. The number of nitrogens with zero attached hydrogens (tertiary/aromatic N) is 1. The van der Waals surface area contributed by atoms with Gasteiger partial charge in [-0.1, -0.05) is 12.8 Å². The molecular weight excluding hydrogens is 224 g/mol. The van der Waals surface area contributed by atoms with Crippen molar-refractivity contribution < 1.29 is 4.79 Å². The van der Waals surface area contributed by atoms with Gasteiger partial charge in [-0.15, -0.1) is 0 Å². The molecule has 2 saturated heterocycles. The third-order valence-electron chi connectivity index (χ3n) is 5.45. The average Bonchev–Trinajstić information content (AvgIpc) is 3.03. The number of nitrogens with one attached hydrogen (secondary N) is 1. The highest BCUT2D eigenvalue weighted by Gasteiger charge is 2.38. The van der Waals surface area contributed by atoms with E-state index in [1.54, 1.807) is 0 Å². The van der Waals surface area contributed by atoms with Gasteiger partial charge in [0.1, 0.15) is 0 Å². The molecule has 102 valence electrons. The van der Waals surface area contributed by atoms with Crippen LogP contribution in [0.25, 0.3) is 0 Å². The summed E-state index contributed by atoms with van der Waals surface area (Å²) in [5.74, 6) is 1.13. The SMILES string of the molecule is O=C(CC1CCCC1)N1CCC2(CCNC2)CC1. The highest BCUT2D eigenvalue weighted by molar-refractivity contribution is 5.76. The molecule has 1 amide bonds. The third kappa shape index (κ3) is 2.56. The van der Waals surface area contributed by atoms with Crippen LogP contribution in [0.1, 0.15) is 51.4 Å². The Morgan fingerprint density at radius 2 is 1.89 bits per heavy atom. The molecule has 0 aromatic rings. The predicted molar refractivity (Wildman–Crippen MR) is 72.3 cm³/mol. The van der Waals surface area contributed by atoms with Crippen LogP contribution in [0.15, 0.2) is 0 Å². The summed E-state index contributed by atoms with van der Waals surface area (Å²) in [4.78, 5) is 14.4. The van der Waals surface area contributed by atoms with Crippen LogP contribution < -0.4 is 5.32 Å². The Labute approximate surface area is 110 Å². The van der Waals surface area contributed by atoms with E-state index in [-0.39, 0.29) is 0 Å². The lowest BCUT2D eigenvalue weighted by Crippen LogP contribution is -2.44. The van der Waals surface area contributed by atoms with Crippen LogP contribution in [-0.4, -0.2) is 37.0 Å². The minimum atomic E-state index is 0.433. The van der Waals surface area contributed by atoms with Crippen molar-refractivity contribution in [2.45, 2.75) is 51.4 Å². The van der Waals surface area contributed by atoms with Crippen molar-refractivity contribution in [3.8, 4) is 0 Å². The predicted octanol–water partition coefficient (Wildman–Crippen LogP) is 2.17. The first kappa shape index (κ1) is 12.5. The van der Waals surface area contributed by atoms with Crippen molar-refractivity contribution in [3.63, 3.8) is 0 Å². The fraction of sp³-hybridized carbons (Fsp3) is 0.933. The van der Waals surface area contributed by atoms with Gasteiger partial charge in [-0.3, -0.25) is 4.79 Å². The zero-order chi connectivity index (χ0) is 12.4. The van der Waals surface area contributed by atoms with E-state index in [0.717, 1.165) is 19.5 Å². The second-order valence-electron chi connectivity index (χ2n) is 6.66. The Hall–Kier alpha value is -0.570. The smallest absolute Gasteiger partial charge is 0.222 e. The first-order valence-electron chi connectivity index (χ1n) is 7.76. The van der Waals surface area contributed by atoms with Crippen molar-refractivity contribution in [1.29, 1.82) is 0 Å². The normalized spacial score (nSPS) is 28.1. The van der Waals surface area contributed by atoms with Gasteiger partial charge in [0, 0.05) is 26.1 Å². The molecule has 0 aromatic carbocycles. The Morgan fingerprint density at radius 1 is 1.17 bits per heavy atom. The molecule has 0 bridgehead atoms. The molecule has 3 fully saturated rings. The Morgan fingerprint density at radius 3 is 2.50 bits per heavy atom. The lowest BCUT2D eigenvalue weighted by molar-refractivity contribution is -0.134. The maximum atomic E-state index is 12.3. The highest BCUT2D eigenvalue weighted by Crippen LogP contribution is 2.37. The molecule has 0 aromatic heterocycles. The second kappa shape index (κ2) is 5.20. The van der Waals surface area contributed by atoms with Gasteiger partial charge in [-0.05, 0) is 50.0 Å². The molecule has 3 heteroatoms. The monoisotopic (exact) mass is 250 g/mol. The third-order valence-corrected chi connectivity index (χ3v) is 5.45. The van der Waals surface area contributed by atoms with Crippen LogP contribution >= 0.6 is 0 Å². The van der Waals surface area contributed by atoms with E-state index in [2.05, 4.69) is 10.2 Å². The molecule has 3 rings (SSSR count). The summed E-state index contributed by atoms with van der Waals surface area (Å²) in [5.41, 5.74) is 0.532. The van der Waals surface area contributed by atoms with E-state index < -0.39 is 0 Å². The summed E-state index contributed by atoms with van der Waals surface area (Å²) >= 11 is 0. The summed E-state index contributed by atoms with van der Waals surface area (Å²) in [7, 11) is 0. The molecule has 3 aliphatic rings. The van der Waals surface area contributed by atoms with Gasteiger partial charge in [0.25, 0.3) is 0 Å². The summed E-state index contributed by atoms with van der Waals surface area (Å²) in [6, 6.07) is 0. The molecular formula is C15H26N2O. The van der Waals surface area contributed by atoms with Gasteiger partial charge < -0.3 is 10.2 Å². The molecule has 1 saturated carbocycles. The number of likely N-dealkylation sites (tertiary alicyclic amines) is 1. The number of carbonyl (C=O) groups is 1. The lowest BCUT2D eigenvalue weighted by Gasteiger charge is -2.39. The van der Waals surface area contributed by atoms with Crippen LogP contribution in [0.4, 0.5) is 0 Å². The van der Waals surface area contributed by atoms with Crippen LogP contribution in [0.5, 0.6) is 0 Å². The molecule has 3 nitrogen and oxygen atoms in total. The summed E-state index contributed by atoms with van der Waals surface area (Å²) in [6.07, 6.45) is 9.83. The van der Waals surface area contributed by atoms with E-state index in [9.17, 15) is 4.79 Å². The number of rotatable bonds is 2. The van der Waals surface area contributed by atoms with Gasteiger partial charge in [0.05, 0.1) is 0 Å². The lowest BCUT2D eigenvalue weighted by atomic mass is 9.77. The van der Waals surface area contributed by atoms with Gasteiger partial charge in [0.15, 0.2) is 0 Å².